The van der Waals surface area contributed by atoms with Crippen LogP contribution in [0.25, 0.3) is 6.08 Å². The Morgan fingerprint density at radius 2 is 1.73 bits per heavy atom. The molecule has 136 valence electrons. The number of likely N-dealkylation sites (N-methyl/N-ethyl adjacent to an activating group) is 1. The van der Waals surface area contributed by atoms with Crippen molar-refractivity contribution < 1.29 is 27.8 Å². The molecule has 0 bridgehead atoms. The Hall–Kier alpha value is -3.22. The fourth-order valence-corrected chi connectivity index (χ4v) is 2.00. The van der Waals surface area contributed by atoms with E-state index in [0.29, 0.717) is 11.3 Å². The summed E-state index contributed by atoms with van der Waals surface area (Å²) in [6.45, 7) is -3.28. The van der Waals surface area contributed by atoms with Gasteiger partial charge in [0, 0.05) is 18.8 Å². The molecule has 2 rings (SSSR count). The van der Waals surface area contributed by atoms with Crippen LogP contribution in [0.2, 0.25) is 0 Å². The van der Waals surface area contributed by atoms with E-state index in [1.165, 1.54) is 35.2 Å². The number of carbonyl (C=O) groups is 2. The van der Waals surface area contributed by atoms with Crippen molar-refractivity contribution in [1.29, 1.82) is 0 Å². The lowest BCUT2D eigenvalue weighted by atomic mass is 10.2. The highest BCUT2D eigenvalue weighted by molar-refractivity contribution is 5.96. The molecule has 0 aromatic heterocycles. The molecule has 0 N–H and O–H groups in total. The second kappa shape index (κ2) is 9.31. The monoisotopic (exact) mass is 361 g/mol. The summed E-state index contributed by atoms with van der Waals surface area (Å²) < 4.78 is 33.3. The summed E-state index contributed by atoms with van der Waals surface area (Å²) in [5, 5.41) is 0. The van der Waals surface area contributed by atoms with Crippen molar-refractivity contribution >= 4 is 23.6 Å². The Morgan fingerprint density at radius 1 is 1.08 bits per heavy atom. The van der Waals surface area contributed by atoms with Crippen LogP contribution >= 0.6 is 0 Å². The molecule has 0 aliphatic rings. The van der Waals surface area contributed by atoms with Crippen molar-refractivity contribution in [2.24, 2.45) is 0 Å². The minimum Gasteiger partial charge on any atom is -0.452 e. The van der Waals surface area contributed by atoms with E-state index in [4.69, 9.17) is 4.74 Å². The molecule has 0 saturated carbocycles. The summed E-state index contributed by atoms with van der Waals surface area (Å²) in [6, 6.07) is 14.7. The zero-order valence-electron chi connectivity index (χ0n) is 14.0. The standard InChI is InChI=1S/C19H17F2NO4/c1-22(15-5-3-2-4-6-15)17(23)13-25-18(24)12-9-14-7-10-16(11-8-14)26-19(20)21/h2-12,19H,13H2,1H3/b12-9+. The van der Waals surface area contributed by atoms with Crippen LogP contribution in [0.5, 0.6) is 5.75 Å². The first-order chi connectivity index (χ1) is 12.5. The summed E-state index contributed by atoms with van der Waals surface area (Å²) >= 11 is 0. The second-order valence-electron chi connectivity index (χ2n) is 5.18. The Morgan fingerprint density at radius 3 is 2.35 bits per heavy atom. The summed E-state index contributed by atoms with van der Waals surface area (Å²) in [7, 11) is 1.59. The van der Waals surface area contributed by atoms with E-state index in [0.717, 1.165) is 6.08 Å². The van der Waals surface area contributed by atoms with Gasteiger partial charge in [-0.25, -0.2) is 4.79 Å². The number of benzene rings is 2. The third kappa shape index (κ3) is 6.01. The van der Waals surface area contributed by atoms with Crippen LogP contribution in [-0.2, 0) is 14.3 Å². The van der Waals surface area contributed by atoms with Gasteiger partial charge >= 0.3 is 12.6 Å². The van der Waals surface area contributed by atoms with Crippen molar-refractivity contribution in [3.05, 3.63) is 66.2 Å². The van der Waals surface area contributed by atoms with Crippen LogP contribution in [0.15, 0.2) is 60.7 Å². The number of rotatable bonds is 7. The van der Waals surface area contributed by atoms with Gasteiger partial charge in [-0.3, -0.25) is 4.79 Å². The zero-order chi connectivity index (χ0) is 18.9. The molecule has 2 aromatic carbocycles. The topological polar surface area (TPSA) is 55.8 Å². The first kappa shape index (κ1) is 19.1. The molecule has 0 fully saturated rings. The SMILES string of the molecule is CN(C(=O)COC(=O)/C=C/c1ccc(OC(F)F)cc1)c1ccccc1. The van der Waals surface area contributed by atoms with E-state index in [9.17, 15) is 18.4 Å². The van der Waals surface area contributed by atoms with E-state index in [-0.39, 0.29) is 11.7 Å². The number of hydrogen-bond donors (Lipinski definition) is 0. The fraction of sp³-hybridized carbons (Fsp3) is 0.158. The number of nitrogens with zero attached hydrogens (tertiary/aromatic N) is 1. The van der Waals surface area contributed by atoms with E-state index < -0.39 is 19.2 Å². The van der Waals surface area contributed by atoms with E-state index in [2.05, 4.69) is 4.74 Å². The number of halogens is 2. The number of para-hydroxylation sites is 1. The van der Waals surface area contributed by atoms with Crippen LogP contribution < -0.4 is 9.64 Å². The van der Waals surface area contributed by atoms with Gasteiger partial charge in [0.25, 0.3) is 5.91 Å². The summed E-state index contributed by atoms with van der Waals surface area (Å²) in [5.74, 6) is -1.03. The van der Waals surface area contributed by atoms with Gasteiger partial charge in [0.1, 0.15) is 5.75 Å². The first-order valence-electron chi connectivity index (χ1n) is 7.67. The van der Waals surface area contributed by atoms with Crippen LogP contribution in [-0.4, -0.2) is 32.1 Å². The molecule has 2 aromatic rings. The van der Waals surface area contributed by atoms with Crippen molar-refractivity contribution in [2.45, 2.75) is 6.61 Å². The molecule has 0 aliphatic carbocycles. The van der Waals surface area contributed by atoms with Gasteiger partial charge in [-0.1, -0.05) is 30.3 Å². The van der Waals surface area contributed by atoms with E-state index >= 15 is 0 Å². The zero-order valence-corrected chi connectivity index (χ0v) is 14.0. The maximum atomic E-state index is 12.1. The summed E-state index contributed by atoms with van der Waals surface area (Å²) in [6.07, 6.45) is 2.60. The van der Waals surface area contributed by atoms with Crippen LogP contribution in [0, 0.1) is 0 Å². The normalized spacial score (nSPS) is 10.8. The predicted octanol–water partition coefficient (Wildman–Crippen LogP) is 3.51. The molecule has 0 spiro atoms. The first-order valence-corrected chi connectivity index (χ1v) is 7.67. The van der Waals surface area contributed by atoms with Crippen molar-refractivity contribution in [3.63, 3.8) is 0 Å². The molecule has 1 amide bonds. The van der Waals surface area contributed by atoms with Crippen molar-refractivity contribution in [3.8, 4) is 5.75 Å². The van der Waals surface area contributed by atoms with Crippen molar-refractivity contribution in [2.75, 3.05) is 18.6 Å². The Balaban J connectivity index is 1.82. The third-order valence-corrected chi connectivity index (χ3v) is 3.37. The van der Waals surface area contributed by atoms with Crippen LogP contribution in [0.1, 0.15) is 5.56 Å². The lowest BCUT2D eigenvalue weighted by Gasteiger charge is -2.16. The maximum Gasteiger partial charge on any atom is 0.387 e. The number of anilines is 1. The highest BCUT2D eigenvalue weighted by Crippen LogP contribution is 2.15. The average molecular weight is 361 g/mol. The van der Waals surface area contributed by atoms with Crippen LogP contribution in [0.3, 0.4) is 0 Å². The Kier molecular flexibility index (Phi) is 6.84. The van der Waals surface area contributed by atoms with Gasteiger partial charge in [0.05, 0.1) is 0 Å². The Labute approximate surface area is 149 Å². The highest BCUT2D eigenvalue weighted by Gasteiger charge is 2.12. The van der Waals surface area contributed by atoms with Gasteiger partial charge in [0.2, 0.25) is 0 Å². The molecule has 0 unspecified atom stereocenters. The van der Waals surface area contributed by atoms with Crippen molar-refractivity contribution in [1.82, 2.24) is 0 Å². The predicted molar refractivity (Wildman–Crippen MR) is 92.9 cm³/mol. The number of alkyl halides is 2. The van der Waals surface area contributed by atoms with Crippen LogP contribution in [0.4, 0.5) is 14.5 Å². The van der Waals surface area contributed by atoms with Gasteiger partial charge in [-0.05, 0) is 35.9 Å². The number of hydrogen-bond acceptors (Lipinski definition) is 4. The second-order valence-corrected chi connectivity index (χ2v) is 5.18. The molecular weight excluding hydrogens is 344 g/mol. The quantitative estimate of drug-likeness (QED) is 0.559. The lowest BCUT2D eigenvalue weighted by Crippen LogP contribution is -2.30. The number of amides is 1. The smallest absolute Gasteiger partial charge is 0.387 e. The molecule has 0 aliphatic heterocycles. The number of ether oxygens (including phenoxy) is 2. The number of esters is 1. The minimum atomic E-state index is -2.89. The molecule has 0 radical (unpaired) electrons. The molecular formula is C19H17F2NO4. The molecule has 7 heteroatoms. The van der Waals surface area contributed by atoms with Gasteiger partial charge < -0.3 is 14.4 Å². The molecule has 0 saturated heterocycles. The largest absolute Gasteiger partial charge is 0.452 e. The molecule has 0 heterocycles. The third-order valence-electron chi connectivity index (χ3n) is 3.37. The minimum absolute atomic E-state index is 0.0225. The fourth-order valence-electron chi connectivity index (χ4n) is 2.00. The molecule has 26 heavy (non-hydrogen) atoms. The average Bonchev–Trinajstić information content (AvgIpc) is 2.65. The summed E-state index contributed by atoms with van der Waals surface area (Å²) in [5.41, 5.74) is 1.28. The maximum absolute atomic E-state index is 12.1. The van der Waals surface area contributed by atoms with E-state index in [1.807, 2.05) is 6.07 Å². The van der Waals surface area contributed by atoms with Gasteiger partial charge in [0.15, 0.2) is 6.61 Å². The van der Waals surface area contributed by atoms with E-state index in [1.54, 1.807) is 31.3 Å². The number of carbonyl (C=O) groups excluding carboxylic acids is 2. The molecule has 5 nitrogen and oxygen atoms in total. The molecule has 0 atom stereocenters. The Bertz CT molecular complexity index is 761. The van der Waals surface area contributed by atoms with Gasteiger partial charge in [-0.15, -0.1) is 0 Å². The summed E-state index contributed by atoms with van der Waals surface area (Å²) in [4.78, 5) is 25.1. The highest BCUT2D eigenvalue weighted by atomic mass is 19.3. The lowest BCUT2D eigenvalue weighted by molar-refractivity contribution is -0.142. The van der Waals surface area contributed by atoms with Gasteiger partial charge in [-0.2, -0.15) is 8.78 Å².